The number of likely N-dealkylation sites (N-methyl/N-ethyl adjacent to an activating group) is 1. The molecule has 2 aromatic rings. The number of nitrogens with zero attached hydrogens (tertiary/aromatic N) is 3. The number of aromatic nitrogens is 1. The maximum Gasteiger partial charge on any atom is 0.416 e. The summed E-state index contributed by atoms with van der Waals surface area (Å²) in [6, 6.07) is 7.50. The van der Waals surface area contributed by atoms with Gasteiger partial charge in [0.25, 0.3) is 0 Å². The summed E-state index contributed by atoms with van der Waals surface area (Å²) < 4.78 is 52.3. The molecule has 0 saturated heterocycles. The van der Waals surface area contributed by atoms with E-state index >= 15 is 0 Å². The number of pyridine rings is 1. The molecule has 6 nitrogen and oxygen atoms in total. The Hall–Kier alpha value is -3.17. The Balaban J connectivity index is 2.13. The highest BCUT2D eigenvalue weighted by atomic mass is 19.4. The quantitative estimate of drug-likeness (QED) is 0.436. The van der Waals surface area contributed by atoms with Crippen molar-refractivity contribution in [3.63, 3.8) is 0 Å². The van der Waals surface area contributed by atoms with Crippen LogP contribution in [0.3, 0.4) is 0 Å². The average molecular weight is 411 g/mol. The van der Waals surface area contributed by atoms with E-state index in [1.165, 1.54) is 35.4 Å². The van der Waals surface area contributed by atoms with Crippen LogP contribution in [0.15, 0.2) is 47.6 Å². The van der Waals surface area contributed by atoms with Crippen molar-refractivity contribution in [1.29, 1.82) is 0 Å². The minimum atomic E-state index is -4.45. The van der Waals surface area contributed by atoms with Gasteiger partial charge < -0.3 is 15.5 Å². The molecule has 0 radical (unpaired) electrons. The highest BCUT2D eigenvalue weighted by Gasteiger charge is 2.30. The van der Waals surface area contributed by atoms with Crippen LogP contribution in [-0.4, -0.2) is 42.4 Å². The molecule has 0 aliphatic heterocycles. The Bertz CT molecular complexity index is 868. The number of aliphatic imine (C=N–C) groups is 1. The number of rotatable bonds is 6. The van der Waals surface area contributed by atoms with E-state index in [9.17, 15) is 22.4 Å². The number of hydrogen-bond acceptors (Lipinski definition) is 3. The van der Waals surface area contributed by atoms with E-state index in [1.807, 2.05) is 0 Å². The highest BCUT2D eigenvalue weighted by Crippen LogP contribution is 2.29. The minimum absolute atomic E-state index is 0.0166. The van der Waals surface area contributed by atoms with E-state index in [4.69, 9.17) is 0 Å². The van der Waals surface area contributed by atoms with Crippen LogP contribution in [0.25, 0.3) is 0 Å². The van der Waals surface area contributed by atoms with Crippen molar-refractivity contribution >= 4 is 11.9 Å². The maximum atomic E-state index is 13.7. The van der Waals surface area contributed by atoms with Crippen molar-refractivity contribution in [2.24, 2.45) is 4.99 Å². The molecule has 1 amide bonds. The average Bonchev–Trinajstić information content (AvgIpc) is 2.67. The molecule has 2 rings (SSSR count). The highest BCUT2D eigenvalue weighted by molar-refractivity contribution is 5.86. The summed E-state index contributed by atoms with van der Waals surface area (Å²) in [6.07, 6.45) is -3.02. The van der Waals surface area contributed by atoms with E-state index in [-0.39, 0.29) is 37.2 Å². The predicted octanol–water partition coefficient (Wildman–Crippen LogP) is 2.56. The van der Waals surface area contributed by atoms with Crippen molar-refractivity contribution in [3.05, 3.63) is 65.2 Å². The standard InChI is InChI=1S/C19H21F4N5O/c1-28(2)17(29)12-27-18(26-11-16-15(20)7-4-8-24-16)25-10-13-5-3-6-14(9-13)19(21,22)23/h3-9H,10-12H2,1-2H3,(H2,25,26,27). The van der Waals surface area contributed by atoms with E-state index in [1.54, 1.807) is 14.1 Å². The fourth-order valence-corrected chi connectivity index (χ4v) is 2.22. The zero-order valence-corrected chi connectivity index (χ0v) is 15.9. The molecule has 0 atom stereocenters. The lowest BCUT2D eigenvalue weighted by Gasteiger charge is -2.15. The summed E-state index contributed by atoms with van der Waals surface area (Å²) in [6.45, 7) is -0.177. The van der Waals surface area contributed by atoms with Crippen molar-refractivity contribution in [2.75, 3.05) is 20.6 Å². The number of alkyl halides is 3. The predicted molar refractivity (Wildman–Crippen MR) is 100 cm³/mol. The van der Waals surface area contributed by atoms with Gasteiger partial charge in [0, 0.05) is 20.3 Å². The molecule has 1 heterocycles. The Morgan fingerprint density at radius 2 is 1.93 bits per heavy atom. The molecule has 1 aromatic carbocycles. The van der Waals surface area contributed by atoms with Crippen molar-refractivity contribution in [3.8, 4) is 0 Å². The van der Waals surface area contributed by atoms with Crippen molar-refractivity contribution in [2.45, 2.75) is 19.3 Å². The smallest absolute Gasteiger partial charge is 0.351 e. The van der Waals surface area contributed by atoms with Gasteiger partial charge >= 0.3 is 6.18 Å². The van der Waals surface area contributed by atoms with Gasteiger partial charge in [0.15, 0.2) is 5.96 Å². The molecule has 0 unspecified atom stereocenters. The lowest BCUT2D eigenvalue weighted by molar-refractivity contribution is -0.137. The first-order valence-corrected chi connectivity index (χ1v) is 8.64. The SMILES string of the molecule is CN(C)C(=O)CNC(=NCc1cccc(C(F)(F)F)c1)NCc1ncccc1F. The molecule has 0 spiro atoms. The third-order valence-electron chi connectivity index (χ3n) is 3.84. The molecule has 156 valence electrons. The first kappa shape index (κ1) is 22.1. The summed E-state index contributed by atoms with van der Waals surface area (Å²) in [5.74, 6) is -0.605. The topological polar surface area (TPSA) is 69.6 Å². The zero-order valence-electron chi connectivity index (χ0n) is 15.9. The minimum Gasteiger partial charge on any atom is -0.351 e. The zero-order chi connectivity index (χ0) is 21.4. The molecule has 0 bridgehead atoms. The van der Waals surface area contributed by atoms with Gasteiger partial charge in [-0.15, -0.1) is 0 Å². The van der Waals surface area contributed by atoms with Gasteiger partial charge in [-0.05, 0) is 29.8 Å². The van der Waals surface area contributed by atoms with Gasteiger partial charge in [-0.2, -0.15) is 13.2 Å². The second kappa shape index (κ2) is 9.85. The lowest BCUT2D eigenvalue weighted by Crippen LogP contribution is -2.42. The third kappa shape index (κ3) is 7.05. The van der Waals surface area contributed by atoms with Crippen LogP contribution in [0.2, 0.25) is 0 Å². The van der Waals surface area contributed by atoms with Crippen LogP contribution in [0, 0.1) is 5.82 Å². The van der Waals surface area contributed by atoms with Crippen LogP contribution in [-0.2, 0) is 24.1 Å². The van der Waals surface area contributed by atoms with E-state index in [0.717, 1.165) is 12.1 Å². The molecule has 2 N–H and O–H groups in total. The number of halogens is 4. The maximum absolute atomic E-state index is 13.7. The molecule has 0 saturated carbocycles. The number of hydrogen-bond donors (Lipinski definition) is 2. The molecular formula is C19H21F4N5O. The Labute approximate surface area is 165 Å². The summed E-state index contributed by atoms with van der Waals surface area (Å²) in [5.41, 5.74) is -0.296. The number of carbonyl (C=O) groups is 1. The second-order valence-electron chi connectivity index (χ2n) is 6.29. The van der Waals surface area contributed by atoms with Crippen LogP contribution < -0.4 is 10.6 Å². The number of amides is 1. The lowest BCUT2D eigenvalue weighted by atomic mass is 10.1. The Kier molecular flexibility index (Phi) is 7.52. The van der Waals surface area contributed by atoms with Crippen molar-refractivity contribution in [1.82, 2.24) is 20.5 Å². The summed E-state index contributed by atoms with van der Waals surface area (Å²) in [7, 11) is 3.17. The van der Waals surface area contributed by atoms with Crippen LogP contribution in [0.4, 0.5) is 17.6 Å². The second-order valence-corrected chi connectivity index (χ2v) is 6.29. The largest absolute Gasteiger partial charge is 0.416 e. The van der Waals surface area contributed by atoms with Gasteiger partial charge in [0.05, 0.1) is 30.9 Å². The fraction of sp³-hybridized carbons (Fsp3) is 0.316. The van der Waals surface area contributed by atoms with E-state index < -0.39 is 17.6 Å². The molecule has 0 aliphatic rings. The number of guanidine groups is 1. The van der Waals surface area contributed by atoms with Gasteiger partial charge in [-0.1, -0.05) is 12.1 Å². The summed E-state index contributed by atoms with van der Waals surface area (Å²) in [5, 5.41) is 5.61. The number of carbonyl (C=O) groups excluding carboxylic acids is 1. The van der Waals surface area contributed by atoms with Crippen LogP contribution in [0.5, 0.6) is 0 Å². The molecule has 1 aromatic heterocycles. The van der Waals surface area contributed by atoms with Crippen molar-refractivity contribution < 1.29 is 22.4 Å². The summed E-state index contributed by atoms with van der Waals surface area (Å²) in [4.78, 5) is 21.3. The van der Waals surface area contributed by atoms with Gasteiger partial charge in [0.2, 0.25) is 5.91 Å². The molecule has 10 heteroatoms. The van der Waals surface area contributed by atoms with E-state index in [2.05, 4.69) is 20.6 Å². The van der Waals surface area contributed by atoms with Gasteiger partial charge in [0.1, 0.15) is 5.82 Å². The summed E-state index contributed by atoms with van der Waals surface area (Å²) >= 11 is 0. The van der Waals surface area contributed by atoms with Gasteiger partial charge in [-0.3, -0.25) is 9.78 Å². The first-order valence-electron chi connectivity index (χ1n) is 8.64. The normalized spacial score (nSPS) is 11.9. The molecule has 0 aliphatic carbocycles. The van der Waals surface area contributed by atoms with E-state index in [0.29, 0.717) is 5.56 Å². The van der Waals surface area contributed by atoms with Crippen LogP contribution in [0.1, 0.15) is 16.8 Å². The number of benzene rings is 1. The Morgan fingerprint density at radius 3 is 2.59 bits per heavy atom. The van der Waals surface area contributed by atoms with Crippen LogP contribution >= 0.6 is 0 Å². The monoisotopic (exact) mass is 411 g/mol. The Morgan fingerprint density at radius 1 is 1.17 bits per heavy atom. The third-order valence-corrected chi connectivity index (χ3v) is 3.84. The molecule has 29 heavy (non-hydrogen) atoms. The fourth-order valence-electron chi connectivity index (χ4n) is 2.22. The van der Waals surface area contributed by atoms with Gasteiger partial charge in [-0.25, -0.2) is 9.38 Å². The first-order chi connectivity index (χ1) is 13.7. The molecular weight excluding hydrogens is 390 g/mol. The number of nitrogens with one attached hydrogen (secondary N) is 2. The molecule has 0 fully saturated rings.